The Hall–Kier alpha value is -1.43. The number of nitrogens with one attached hydrogen (secondary N) is 2. The molecule has 1 fully saturated rings. The number of nitrogen functional groups attached to an aromatic ring is 1. The van der Waals surface area contributed by atoms with Crippen LogP contribution in [0.5, 0.6) is 0 Å². The van der Waals surface area contributed by atoms with Crippen LogP contribution >= 0.6 is 0 Å². The molecule has 2 rings (SSSR count). The van der Waals surface area contributed by atoms with E-state index in [1.165, 1.54) is 12.8 Å². The molecule has 6 heteroatoms. The molecular weight excluding hydrogens is 197 g/mol. The highest BCUT2D eigenvalue weighted by atomic mass is 19.1. The Kier molecular flexibility index (Phi) is 2.96. The Morgan fingerprint density at radius 1 is 1.53 bits per heavy atom. The number of nitrogens with two attached hydrogens (primary N) is 1. The van der Waals surface area contributed by atoms with E-state index in [0.717, 1.165) is 25.1 Å². The van der Waals surface area contributed by atoms with Crippen molar-refractivity contribution in [3.63, 3.8) is 0 Å². The van der Waals surface area contributed by atoms with E-state index >= 15 is 0 Å². The van der Waals surface area contributed by atoms with Crippen molar-refractivity contribution in [3.8, 4) is 0 Å². The monoisotopic (exact) mass is 211 g/mol. The number of hydrogen-bond acceptors (Lipinski definition) is 5. The molecule has 0 amide bonds. The molecule has 5 nitrogen and oxygen atoms in total. The summed E-state index contributed by atoms with van der Waals surface area (Å²) in [6, 6.07) is 0. The number of hydrogen-bond donors (Lipinski definition) is 3. The molecule has 0 unspecified atom stereocenters. The van der Waals surface area contributed by atoms with Crippen molar-refractivity contribution in [3.05, 3.63) is 12.0 Å². The van der Waals surface area contributed by atoms with Gasteiger partial charge in [-0.2, -0.15) is 4.98 Å². The number of hydrazine groups is 1. The maximum Gasteiger partial charge on any atom is 0.239 e. The van der Waals surface area contributed by atoms with Gasteiger partial charge in [-0.3, -0.25) is 5.43 Å². The second-order valence-corrected chi connectivity index (χ2v) is 3.69. The lowest BCUT2D eigenvalue weighted by Crippen LogP contribution is -2.13. The van der Waals surface area contributed by atoms with Crippen LogP contribution < -0.4 is 16.6 Å². The topological polar surface area (TPSA) is 75.9 Å². The van der Waals surface area contributed by atoms with Crippen LogP contribution in [-0.2, 0) is 0 Å². The van der Waals surface area contributed by atoms with Crippen molar-refractivity contribution in [1.82, 2.24) is 9.97 Å². The minimum Gasteiger partial charge on any atom is -0.367 e. The molecule has 0 radical (unpaired) electrons. The second-order valence-electron chi connectivity index (χ2n) is 3.69. The first-order valence-electron chi connectivity index (χ1n) is 5.02. The number of nitrogens with zero attached hydrogens (tertiary/aromatic N) is 2. The van der Waals surface area contributed by atoms with E-state index in [4.69, 9.17) is 5.84 Å². The third kappa shape index (κ3) is 2.76. The fraction of sp³-hybridized carbons (Fsp3) is 0.556. The Morgan fingerprint density at radius 2 is 2.33 bits per heavy atom. The van der Waals surface area contributed by atoms with Crippen LogP contribution in [0, 0.1) is 11.7 Å². The molecule has 15 heavy (non-hydrogen) atoms. The standard InChI is InChI=1S/C9H14FN5/c10-7-5-13-9(15-11)14-8(7)12-4-3-6-1-2-6/h5-6H,1-4,11H2,(H2,12,13,14,15). The van der Waals surface area contributed by atoms with Crippen molar-refractivity contribution in [2.45, 2.75) is 19.3 Å². The van der Waals surface area contributed by atoms with E-state index in [9.17, 15) is 4.39 Å². The fourth-order valence-electron chi connectivity index (χ4n) is 1.36. The zero-order valence-electron chi connectivity index (χ0n) is 8.33. The van der Waals surface area contributed by atoms with Gasteiger partial charge in [0.05, 0.1) is 6.20 Å². The second kappa shape index (κ2) is 4.39. The molecule has 1 aromatic rings. The van der Waals surface area contributed by atoms with Gasteiger partial charge in [0.15, 0.2) is 11.6 Å². The molecule has 0 atom stereocenters. The smallest absolute Gasteiger partial charge is 0.239 e. The molecule has 0 aliphatic heterocycles. The van der Waals surface area contributed by atoms with Gasteiger partial charge < -0.3 is 5.32 Å². The van der Waals surface area contributed by atoms with Gasteiger partial charge in [-0.15, -0.1) is 0 Å². The van der Waals surface area contributed by atoms with Crippen molar-refractivity contribution < 1.29 is 4.39 Å². The van der Waals surface area contributed by atoms with Crippen LogP contribution in [0.1, 0.15) is 19.3 Å². The molecule has 0 saturated heterocycles. The molecule has 4 N–H and O–H groups in total. The van der Waals surface area contributed by atoms with Gasteiger partial charge in [0.2, 0.25) is 5.95 Å². The lowest BCUT2D eigenvalue weighted by Gasteiger charge is -2.06. The number of aromatic nitrogens is 2. The van der Waals surface area contributed by atoms with Gasteiger partial charge in [-0.1, -0.05) is 12.8 Å². The highest BCUT2D eigenvalue weighted by Gasteiger charge is 2.20. The molecule has 1 heterocycles. The van der Waals surface area contributed by atoms with E-state index in [0.29, 0.717) is 0 Å². The highest BCUT2D eigenvalue weighted by Crippen LogP contribution is 2.32. The summed E-state index contributed by atoms with van der Waals surface area (Å²) in [5, 5.41) is 2.94. The van der Waals surface area contributed by atoms with Gasteiger partial charge in [0, 0.05) is 6.54 Å². The molecule has 0 aromatic carbocycles. The van der Waals surface area contributed by atoms with Crippen molar-refractivity contribution in [2.24, 2.45) is 11.8 Å². The lowest BCUT2D eigenvalue weighted by molar-refractivity contribution is 0.615. The Bertz CT molecular complexity index is 339. The van der Waals surface area contributed by atoms with Crippen LogP contribution in [0.15, 0.2) is 6.20 Å². The van der Waals surface area contributed by atoms with Crippen LogP contribution in [0.3, 0.4) is 0 Å². The minimum absolute atomic E-state index is 0.207. The first kappa shape index (κ1) is 10.1. The summed E-state index contributed by atoms with van der Waals surface area (Å²) in [4.78, 5) is 7.53. The molecule has 1 aromatic heterocycles. The molecule has 0 spiro atoms. The molecule has 1 saturated carbocycles. The highest BCUT2D eigenvalue weighted by molar-refractivity contribution is 5.40. The van der Waals surface area contributed by atoms with Crippen molar-refractivity contribution >= 4 is 11.8 Å². The van der Waals surface area contributed by atoms with E-state index in [1.54, 1.807) is 0 Å². The molecule has 1 aliphatic carbocycles. The maximum absolute atomic E-state index is 13.2. The first-order chi connectivity index (χ1) is 7.29. The molecule has 0 bridgehead atoms. The van der Waals surface area contributed by atoms with Crippen molar-refractivity contribution in [2.75, 3.05) is 17.3 Å². The molecular formula is C9H14FN5. The SMILES string of the molecule is NNc1ncc(F)c(NCCC2CC2)n1. The summed E-state index contributed by atoms with van der Waals surface area (Å²) in [7, 11) is 0. The third-order valence-electron chi connectivity index (χ3n) is 2.42. The zero-order valence-corrected chi connectivity index (χ0v) is 8.33. The first-order valence-corrected chi connectivity index (χ1v) is 5.02. The third-order valence-corrected chi connectivity index (χ3v) is 2.42. The average molecular weight is 211 g/mol. The predicted octanol–water partition coefficient (Wildman–Crippen LogP) is 1.11. The predicted molar refractivity (Wildman–Crippen MR) is 55.6 cm³/mol. The summed E-state index contributed by atoms with van der Waals surface area (Å²) in [6.07, 6.45) is 4.75. The van der Waals surface area contributed by atoms with Gasteiger partial charge in [-0.25, -0.2) is 15.2 Å². The Morgan fingerprint density at radius 3 is 3.00 bits per heavy atom. The van der Waals surface area contributed by atoms with E-state index < -0.39 is 5.82 Å². The Balaban J connectivity index is 1.92. The van der Waals surface area contributed by atoms with E-state index in [2.05, 4.69) is 20.7 Å². The summed E-state index contributed by atoms with van der Waals surface area (Å²) in [5.74, 6) is 5.91. The number of halogens is 1. The van der Waals surface area contributed by atoms with Gasteiger partial charge >= 0.3 is 0 Å². The fourth-order valence-corrected chi connectivity index (χ4v) is 1.36. The summed E-state index contributed by atoms with van der Waals surface area (Å²) in [6.45, 7) is 0.739. The van der Waals surface area contributed by atoms with Crippen LogP contribution in [0.25, 0.3) is 0 Å². The normalized spacial score (nSPS) is 15.1. The van der Waals surface area contributed by atoms with Gasteiger partial charge in [-0.05, 0) is 12.3 Å². The lowest BCUT2D eigenvalue weighted by atomic mass is 10.3. The van der Waals surface area contributed by atoms with Gasteiger partial charge in [0.25, 0.3) is 0 Å². The largest absolute Gasteiger partial charge is 0.367 e. The van der Waals surface area contributed by atoms with Crippen LogP contribution in [0.2, 0.25) is 0 Å². The van der Waals surface area contributed by atoms with Crippen LogP contribution in [0.4, 0.5) is 16.2 Å². The summed E-state index contributed by atoms with van der Waals surface area (Å²) >= 11 is 0. The average Bonchev–Trinajstić information content (AvgIpc) is 3.05. The van der Waals surface area contributed by atoms with Crippen molar-refractivity contribution in [1.29, 1.82) is 0 Å². The quantitative estimate of drug-likeness (QED) is 0.502. The van der Waals surface area contributed by atoms with E-state index in [-0.39, 0.29) is 11.8 Å². The van der Waals surface area contributed by atoms with E-state index in [1.807, 2.05) is 0 Å². The van der Waals surface area contributed by atoms with Gasteiger partial charge in [0.1, 0.15) is 0 Å². The minimum atomic E-state index is -0.454. The van der Waals surface area contributed by atoms with Crippen LogP contribution in [-0.4, -0.2) is 16.5 Å². The summed E-state index contributed by atoms with van der Waals surface area (Å²) in [5.41, 5.74) is 2.28. The number of anilines is 2. The molecule has 1 aliphatic rings. The zero-order chi connectivity index (χ0) is 10.7. The number of rotatable bonds is 5. The maximum atomic E-state index is 13.2. The summed E-state index contributed by atoms with van der Waals surface area (Å²) < 4.78 is 13.2. The Labute approximate surface area is 87.3 Å². The molecule has 82 valence electrons.